The Morgan fingerprint density at radius 2 is 1.88 bits per heavy atom. The summed E-state index contributed by atoms with van der Waals surface area (Å²) in [6.07, 6.45) is 5.20. The van der Waals surface area contributed by atoms with Gasteiger partial charge >= 0.3 is 0 Å². The van der Waals surface area contributed by atoms with Crippen LogP contribution in [-0.4, -0.2) is 25.8 Å². The third-order valence-corrected chi connectivity index (χ3v) is 7.37. The first kappa shape index (κ1) is 14.7. The SMILES string of the molecule is CCC[Si](C)(C)OCc1nccn1[Si](C)(C)C. The van der Waals surface area contributed by atoms with Crippen LogP contribution in [0.3, 0.4) is 0 Å². The molecule has 5 heteroatoms. The van der Waals surface area contributed by atoms with E-state index in [0.29, 0.717) is 6.61 Å². The van der Waals surface area contributed by atoms with Crippen LogP contribution in [0, 0.1) is 0 Å². The summed E-state index contributed by atoms with van der Waals surface area (Å²) in [5.74, 6) is 1.10. The minimum absolute atomic E-state index is 0.677. The third kappa shape index (κ3) is 4.40. The van der Waals surface area contributed by atoms with Crippen molar-refractivity contribution in [1.82, 2.24) is 9.22 Å². The molecule has 0 spiro atoms. The van der Waals surface area contributed by atoms with Gasteiger partial charge in [0.15, 0.2) is 16.6 Å². The van der Waals surface area contributed by atoms with Gasteiger partial charge in [0.05, 0.1) is 6.61 Å². The van der Waals surface area contributed by atoms with E-state index in [0.717, 1.165) is 5.82 Å². The van der Waals surface area contributed by atoms with E-state index in [9.17, 15) is 0 Å². The molecule has 1 aromatic rings. The van der Waals surface area contributed by atoms with Crippen molar-refractivity contribution in [3.63, 3.8) is 0 Å². The van der Waals surface area contributed by atoms with E-state index in [-0.39, 0.29) is 0 Å². The average molecular weight is 271 g/mol. The summed E-state index contributed by atoms with van der Waals surface area (Å²) in [6, 6.07) is 1.22. The van der Waals surface area contributed by atoms with Gasteiger partial charge in [-0.1, -0.05) is 33.0 Å². The minimum Gasteiger partial charge on any atom is -0.410 e. The van der Waals surface area contributed by atoms with Crippen LogP contribution in [0.2, 0.25) is 38.8 Å². The lowest BCUT2D eigenvalue weighted by molar-refractivity contribution is 0.283. The predicted octanol–water partition coefficient (Wildman–Crippen LogP) is 3.70. The van der Waals surface area contributed by atoms with Gasteiger partial charge in [-0.25, -0.2) is 4.98 Å². The molecule has 1 heterocycles. The molecule has 0 radical (unpaired) electrons. The summed E-state index contributed by atoms with van der Waals surface area (Å²) in [6.45, 7) is 14.5. The van der Waals surface area contributed by atoms with Crippen molar-refractivity contribution in [1.29, 1.82) is 0 Å². The van der Waals surface area contributed by atoms with E-state index < -0.39 is 16.6 Å². The number of imidazole rings is 1. The molecule has 3 nitrogen and oxygen atoms in total. The van der Waals surface area contributed by atoms with Crippen molar-refractivity contribution in [2.24, 2.45) is 0 Å². The molecule has 1 rings (SSSR count). The number of nitrogens with zero attached hydrogens (tertiary/aromatic N) is 2. The van der Waals surface area contributed by atoms with Gasteiger partial charge in [-0.05, 0) is 19.1 Å². The molecule has 0 N–H and O–H groups in total. The molecule has 17 heavy (non-hydrogen) atoms. The monoisotopic (exact) mass is 270 g/mol. The Morgan fingerprint density at radius 3 is 2.41 bits per heavy atom. The van der Waals surface area contributed by atoms with E-state index >= 15 is 0 Å². The first-order chi connectivity index (χ1) is 7.76. The normalized spacial score (nSPS) is 13.1. The van der Waals surface area contributed by atoms with Crippen molar-refractivity contribution in [2.45, 2.75) is 58.7 Å². The number of rotatable bonds is 6. The van der Waals surface area contributed by atoms with Crippen molar-refractivity contribution >= 4 is 16.6 Å². The molecule has 98 valence electrons. The van der Waals surface area contributed by atoms with Gasteiger partial charge in [0.25, 0.3) is 0 Å². The summed E-state index contributed by atoms with van der Waals surface area (Å²) < 4.78 is 8.46. The first-order valence-electron chi connectivity index (χ1n) is 6.43. The fourth-order valence-corrected chi connectivity index (χ4v) is 5.26. The second-order valence-electron chi connectivity index (χ2n) is 6.18. The van der Waals surface area contributed by atoms with Crippen LogP contribution in [0.4, 0.5) is 0 Å². The van der Waals surface area contributed by atoms with Crippen LogP contribution in [0.5, 0.6) is 0 Å². The number of hydrogen-bond donors (Lipinski definition) is 0. The van der Waals surface area contributed by atoms with Crippen LogP contribution < -0.4 is 0 Å². The van der Waals surface area contributed by atoms with Gasteiger partial charge < -0.3 is 8.66 Å². The largest absolute Gasteiger partial charge is 0.410 e. The van der Waals surface area contributed by atoms with Gasteiger partial charge in [0, 0.05) is 12.4 Å². The van der Waals surface area contributed by atoms with Crippen LogP contribution in [0.15, 0.2) is 12.4 Å². The quantitative estimate of drug-likeness (QED) is 0.737. The zero-order valence-corrected chi connectivity index (χ0v) is 14.1. The van der Waals surface area contributed by atoms with Gasteiger partial charge in [-0.3, -0.25) is 0 Å². The van der Waals surface area contributed by atoms with Crippen LogP contribution in [0.25, 0.3) is 0 Å². The third-order valence-electron chi connectivity index (χ3n) is 2.88. The second kappa shape index (κ2) is 5.50. The lowest BCUT2D eigenvalue weighted by Gasteiger charge is -2.25. The van der Waals surface area contributed by atoms with E-state index in [2.05, 4.69) is 55.1 Å². The summed E-state index contributed by atoms with van der Waals surface area (Å²) in [7, 11) is -2.83. The zero-order valence-electron chi connectivity index (χ0n) is 12.1. The molecule has 0 unspecified atom stereocenters. The Kier molecular flexibility index (Phi) is 4.74. The highest BCUT2D eigenvalue weighted by Gasteiger charge is 2.24. The molecule has 0 aromatic carbocycles. The highest BCUT2D eigenvalue weighted by molar-refractivity contribution is 6.74. The molecule has 0 atom stereocenters. The zero-order chi connectivity index (χ0) is 13.1. The van der Waals surface area contributed by atoms with Crippen LogP contribution in [0.1, 0.15) is 19.2 Å². The molecular formula is C12H26N2OSi2. The topological polar surface area (TPSA) is 27.1 Å². The Morgan fingerprint density at radius 1 is 1.24 bits per heavy atom. The molecule has 0 amide bonds. The standard InChI is InChI=1S/C12H26N2OSi2/c1-7-10-17(5,6)15-11-12-13-8-9-14(12)16(2,3)4/h8-9H,7,10-11H2,1-6H3. The lowest BCUT2D eigenvalue weighted by Crippen LogP contribution is -2.35. The van der Waals surface area contributed by atoms with Crippen molar-refractivity contribution in [2.75, 3.05) is 0 Å². The lowest BCUT2D eigenvalue weighted by atomic mass is 10.6. The Labute approximate surface area is 107 Å². The van der Waals surface area contributed by atoms with Gasteiger partial charge in [0.2, 0.25) is 0 Å². The molecule has 1 aromatic heterocycles. The minimum atomic E-state index is -1.48. The molecule has 0 aliphatic rings. The molecular weight excluding hydrogens is 244 g/mol. The predicted molar refractivity (Wildman–Crippen MR) is 78.3 cm³/mol. The highest BCUT2D eigenvalue weighted by Crippen LogP contribution is 2.17. The summed E-state index contributed by atoms with van der Waals surface area (Å²) in [5.41, 5.74) is 0. The molecule has 0 fully saturated rings. The molecule has 0 saturated carbocycles. The highest BCUT2D eigenvalue weighted by atomic mass is 28.4. The van der Waals surface area contributed by atoms with Gasteiger partial charge in [-0.15, -0.1) is 0 Å². The fourth-order valence-electron chi connectivity index (χ4n) is 1.99. The summed E-state index contributed by atoms with van der Waals surface area (Å²) >= 11 is 0. The maximum absolute atomic E-state index is 6.13. The van der Waals surface area contributed by atoms with Crippen LogP contribution >= 0.6 is 0 Å². The van der Waals surface area contributed by atoms with E-state index in [1.54, 1.807) is 0 Å². The molecule has 0 aliphatic carbocycles. The Bertz CT molecular complexity index is 356. The molecule has 0 aliphatic heterocycles. The van der Waals surface area contributed by atoms with E-state index in [4.69, 9.17) is 4.43 Å². The van der Waals surface area contributed by atoms with Crippen molar-refractivity contribution in [3.8, 4) is 0 Å². The van der Waals surface area contributed by atoms with Crippen LogP contribution in [-0.2, 0) is 11.0 Å². The molecule has 0 bridgehead atoms. The van der Waals surface area contributed by atoms with E-state index in [1.165, 1.54) is 12.5 Å². The average Bonchev–Trinajstić information content (AvgIpc) is 2.61. The maximum Gasteiger partial charge on any atom is 0.187 e. The first-order valence-corrected chi connectivity index (χ1v) is 13.0. The van der Waals surface area contributed by atoms with Crippen molar-refractivity contribution < 1.29 is 4.43 Å². The Hall–Kier alpha value is -0.396. The Balaban J connectivity index is 2.67. The van der Waals surface area contributed by atoms with E-state index in [1.807, 2.05) is 6.20 Å². The summed E-state index contributed by atoms with van der Waals surface area (Å²) in [5, 5.41) is 0. The maximum atomic E-state index is 6.13. The number of aromatic nitrogens is 2. The smallest absolute Gasteiger partial charge is 0.187 e. The molecule has 0 saturated heterocycles. The summed E-state index contributed by atoms with van der Waals surface area (Å²) in [4.78, 5) is 4.44. The van der Waals surface area contributed by atoms with Gasteiger partial charge in [-0.2, -0.15) is 0 Å². The fraction of sp³-hybridized carbons (Fsp3) is 0.750. The van der Waals surface area contributed by atoms with Gasteiger partial charge in [0.1, 0.15) is 5.82 Å². The number of hydrogen-bond acceptors (Lipinski definition) is 2. The second-order valence-corrected chi connectivity index (χ2v) is 15.3. The van der Waals surface area contributed by atoms with Crippen molar-refractivity contribution in [3.05, 3.63) is 18.2 Å².